The van der Waals surface area contributed by atoms with E-state index in [-0.39, 0.29) is 0 Å². The van der Waals surface area contributed by atoms with Crippen LogP contribution >= 0.6 is 15.2 Å². The molecule has 0 aliphatic rings. The Labute approximate surface area is 358 Å². The first-order chi connectivity index (χ1) is 29.0. The van der Waals surface area contributed by atoms with Crippen LogP contribution < -0.4 is 46.1 Å². The summed E-state index contributed by atoms with van der Waals surface area (Å²) >= 11 is 0. The number of pyridine rings is 2. The van der Waals surface area contributed by atoms with E-state index >= 15 is 0 Å². The summed E-state index contributed by atoms with van der Waals surface area (Å²) in [6.07, 6.45) is 0. The summed E-state index contributed by atoms with van der Waals surface area (Å²) < 4.78 is 42.7. The minimum Gasteiger partial charge on any atom is -0.495 e. The molecule has 0 radical (unpaired) electrons. The van der Waals surface area contributed by atoms with Gasteiger partial charge in [0.25, 0.3) is 5.44 Å². The summed E-state index contributed by atoms with van der Waals surface area (Å²) in [5.74, 6) is 14.7. The van der Waals surface area contributed by atoms with Crippen molar-refractivity contribution in [1.29, 1.82) is 0 Å². The summed E-state index contributed by atoms with van der Waals surface area (Å²) in [6, 6.07) is 19.3. The number of hydrogen-bond acceptors (Lipinski definition) is 12. The maximum Gasteiger partial charge on any atom is 0.393 e. The number of anilines is 2. The lowest BCUT2D eigenvalue weighted by Gasteiger charge is -2.23. The third-order valence-electron chi connectivity index (χ3n) is 9.68. The topological polar surface area (TPSA) is 130 Å². The van der Waals surface area contributed by atoms with E-state index in [4.69, 9.17) is 19.0 Å². The number of hydrogen-bond donors (Lipinski definition) is 3. The molecule has 0 fully saturated rings. The first-order valence-corrected chi connectivity index (χ1v) is 24.4. The van der Waals surface area contributed by atoms with Crippen molar-refractivity contribution in [2.45, 2.75) is 47.7 Å². The highest BCUT2D eigenvalue weighted by atomic mass is 31.2. The predicted molar refractivity (Wildman–Crippen MR) is 248 cm³/mol. The van der Waals surface area contributed by atoms with Gasteiger partial charge in [0, 0.05) is 100 Å². The van der Waals surface area contributed by atoms with Gasteiger partial charge in [-0.25, -0.2) is 9.97 Å². The Morgan fingerprint density at radius 3 is 1.53 bits per heavy atom. The molecule has 4 rings (SSSR count). The van der Waals surface area contributed by atoms with E-state index in [0.29, 0.717) is 43.7 Å². The smallest absolute Gasteiger partial charge is 0.393 e. The molecule has 2 unspecified atom stereocenters. The number of rotatable bonds is 22. The summed E-state index contributed by atoms with van der Waals surface area (Å²) in [5.41, 5.74) is 7.69. The SMILES string of the molecule is CCOP(C)(=O)c1cc(C#Cc2ccc(OC)c(N(CC)CC)c2)cc(CNCCNCCNCc2cc(C#Cc3ccc(OC)c(N(CC)CC)c3)cc([P+](C)=O)n2)n1. The van der Waals surface area contributed by atoms with Crippen molar-refractivity contribution in [1.82, 2.24) is 25.9 Å². The molecule has 2 aromatic carbocycles. The Bertz CT molecular complexity index is 2220. The summed E-state index contributed by atoms with van der Waals surface area (Å²) in [5, 5.41) is 10.3. The van der Waals surface area contributed by atoms with Gasteiger partial charge in [-0.05, 0) is 89.2 Å². The zero-order valence-electron chi connectivity index (χ0n) is 36.8. The standard InChI is InChI=1S/C46H62N7O5P2/c1-10-52(11-2)41-29-35(19-21-43(41)56-6)15-17-37-27-39(50-45(31-37)59(8)54)33-48-25-23-47-24-26-49-34-40-28-38(32-46(51-40)60(9,55)58-14-5)18-16-36-20-22-44(57-7)42(30-36)53(12-3)13-4/h19-22,27-32,47-49H,10-14,23-26,33-34H2,1-9H3/q+1. The van der Waals surface area contributed by atoms with Crippen LogP contribution in [0.5, 0.6) is 11.5 Å². The highest BCUT2D eigenvalue weighted by molar-refractivity contribution is 7.65. The second-order valence-corrected chi connectivity index (χ2v) is 17.8. The maximum atomic E-state index is 13.4. The van der Waals surface area contributed by atoms with Crippen LogP contribution in [0.25, 0.3) is 0 Å². The molecule has 3 N–H and O–H groups in total. The van der Waals surface area contributed by atoms with Crippen molar-refractivity contribution >= 4 is 37.4 Å². The molecule has 0 aliphatic heterocycles. The monoisotopic (exact) mass is 854 g/mol. The van der Waals surface area contributed by atoms with Crippen LogP contribution in [0.3, 0.4) is 0 Å². The van der Waals surface area contributed by atoms with Gasteiger partial charge in [0.05, 0.1) is 43.6 Å². The quantitative estimate of drug-likeness (QED) is 0.0480. The van der Waals surface area contributed by atoms with Gasteiger partial charge in [0.15, 0.2) is 0 Å². The fourth-order valence-corrected chi connectivity index (χ4v) is 8.41. The molecule has 60 heavy (non-hydrogen) atoms. The molecule has 0 saturated carbocycles. The molecule has 0 spiro atoms. The van der Waals surface area contributed by atoms with Crippen LogP contribution in [0, 0.1) is 23.7 Å². The summed E-state index contributed by atoms with van der Waals surface area (Å²) in [6.45, 7) is 21.2. The Hall–Kier alpha value is -4.77. The number of benzene rings is 2. The number of nitrogens with zero attached hydrogens (tertiary/aromatic N) is 4. The second kappa shape index (κ2) is 24.5. The fraction of sp³-hybridized carbons (Fsp3) is 0.435. The zero-order valence-corrected chi connectivity index (χ0v) is 38.6. The molecule has 0 bridgehead atoms. The van der Waals surface area contributed by atoms with E-state index in [0.717, 1.165) is 95.8 Å². The second-order valence-electron chi connectivity index (χ2n) is 13.9. The van der Waals surface area contributed by atoms with E-state index in [9.17, 15) is 9.13 Å². The van der Waals surface area contributed by atoms with Crippen molar-refractivity contribution in [3.05, 3.63) is 94.3 Å². The number of ether oxygens (including phenoxy) is 2. The maximum absolute atomic E-state index is 13.4. The van der Waals surface area contributed by atoms with E-state index in [1.165, 1.54) is 0 Å². The van der Waals surface area contributed by atoms with Gasteiger partial charge in [-0.2, -0.15) is 0 Å². The summed E-state index contributed by atoms with van der Waals surface area (Å²) in [7, 11) is -1.41. The van der Waals surface area contributed by atoms with Crippen LogP contribution in [0.2, 0.25) is 0 Å². The minimum absolute atomic E-state index is 0.321. The minimum atomic E-state index is -3.13. The van der Waals surface area contributed by atoms with Gasteiger partial charge in [0.1, 0.15) is 23.6 Å². The molecule has 2 atom stereocenters. The molecule has 2 aromatic heterocycles. The molecule has 0 saturated heterocycles. The lowest BCUT2D eigenvalue weighted by atomic mass is 10.1. The normalized spacial score (nSPS) is 12.1. The highest BCUT2D eigenvalue weighted by Gasteiger charge is 2.22. The van der Waals surface area contributed by atoms with Crippen molar-refractivity contribution in [2.24, 2.45) is 0 Å². The van der Waals surface area contributed by atoms with Crippen molar-refractivity contribution in [3.63, 3.8) is 0 Å². The van der Waals surface area contributed by atoms with Crippen LogP contribution in [0.1, 0.15) is 68.3 Å². The molecule has 320 valence electrons. The van der Waals surface area contributed by atoms with Gasteiger partial charge in [-0.15, -0.1) is 0 Å². The lowest BCUT2D eigenvalue weighted by molar-refractivity contribution is 0.344. The van der Waals surface area contributed by atoms with Gasteiger partial charge in [0.2, 0.25) is 7.37 Å². The molecule has 2 heterocycles. The first-order valence-electron chi connectivity index (χ1n) is 20.7. The van der Waals surface area contributed by atoms with E-state index in [1.54, 1.807) is 33.6 Å². The summed E-state index contributed by atoms with van der Waals surface area (Å²) in [4.78, 5) is 13.8. The zero-order chi connectivity index (χ0) is 43.5. The molecule has 14 heteroatoms. The number of methoxy groups -OCH3 is 2. The molecule has 0 aliphatic carbocycles. The Balaban J connectivity index is 1.32. The van der Waals surface area contributed by atoms with Crippen molar-refractivity contribution in [2.75, 3.05) is 96.3 Å². The predicted octanol–water partition coefficient (Wildman–Crippen LogP) is 6.11. The Kier molecular flexibility index (Phi) is 19.5. The van der Waals surface area contributed by atoms with Gasteiger partial charge >= 0.3 is 7.80 Å². The lowest BCUT2D eigenvalue weighted by Crippen LogP contribution is -2.32. The average Bonchev–Trinajstić information content (AvgIpc) is 3.25. The average molecular weight is 855 g/mol. The highest BCUT2D eigenvalue weighted by Crippen LogP contribution is 2.40. The first kappa shape index (κ1) is 47.9. The Morgan fingerprint density at radius 2 is 1.08 bits per heavy atom. The molecule has 12 nitrogen and oxygen atoms in total. The number of nitrogens with one attached hydrogen (secondary N) is 3. The molecule has 0 amide bonds. The van der Waals surface area contributed by atoms with Gasteiger partial charge in [-0.1, -0.05) is 28.2 Å². The number of aromatic nitrogens is 2. The van der Waals surface area contributed by atoms with Crippen LogP contribution in [-0.4, -0.2) is 96.5 Å². The fourth-order valence-electron chi connectivity index (χ4n) is 6.51. The molecular formula is C46H62N7O5P2+. The molecule has 4 aromatic rings. The van der Waals surface area contributed by atoms with Crippen LogP contribution in [0.4, 0.5) is 11.4 Å². The van der Waals surface area contributed by atoms with Crippen molar-refractivity contribution in [3.8, 4) is 35.2 Å². The third-order valence-corrected chi connectivity index (χ3v) is 12.4. The third kappa shape index (κ3) is 14.2. The van der Waals surface area contributed by atoms with Crippen LogP contribution in [0.15, 0.2) is 60.7 Å². The largest absolute Gasteiger partial charge is 0.495 e. The molecular weight excluding hydrogens is 792 g/mol. The van der Waals surface area contributed by atoms with E-state index in [1.807, 2.05) is 55.5 Å². The van der Waals surface area contributed by atoms with Crippen LogP contribution in [-0.2, 0) is 26.7 Å². The van der Waals surface area contributed by atoms with Crippen molar-refractivity contribution < 1.29 is 23.1 Å². The van der Waals surface area contributed by atoms with Gasteiger partial charge in [-0.3, -0.25) is 4.57 Å². The van der Waals surface area contributed by atoms with Gasteiger partial charge < -0.3 is 39.7 Å². The Morgan fingerprint density at radius 1 is 0.633 bits per heavy atom. The van der Waals surface area contributed by atoms with E-state index < -0.39 is 15.2 Å². The van der Waals surface area contributed by atoms with E-state index in [2.05, 4.69) is 88.2 Å².